The highest BCUT2D eigenvalue weighted by molar-refractivity contribution is 7.89. The first kappa shape index (κ1) is 20.3. The molecule has 0 aliphatic carbocycles. The number of aromatic nitrogens is 2. The van der Waals surface area contributed by atoms with Crippen molar-refractivity contribution in [3.05, 3.63) is 77.9 Å². The van der Waals surface area contributed by atoms with Crippen molar-refractivity contribution in [1.82, 2.24) is 14.3 Å². The molecular weight excluding hydrogens is 400 g/mol. The van der Waals surface area contributed by atoms with Gasteiger partial charge < -0.3 is 9.47 Å². The van der Waals surface area contributed by atoms with Gasteiger partial charge >= 0.3 is 0 Å². The summed E-state index contributed by atoms with van der Waals surface area (Å²) in [5.74, 6) is 0.670. The van der Waals surface area contributed by atoms with E-state index in [1.54, 1.807) is 47.0 Å². The zero-order chi connectivity index (χ0) is 21.3. The molecule has 1 amide bonds. The van der Waals surface area contributed by atoms with Gasteiger partial charge in [0.1, 0.15) is 11.9 Å². The number of amides is 1. The van der Waals surface area contributed by atoms with Gasteiger partial charge in [0.25, 0.3) is 0 Å². The van der Waals surface area contributed by atoms with Gasteiger partial charge in [-0.3, -0.25) is 4.79 Å². The highest BCUT2D eigenvalue weighted by Gasteiger charge is 2.28. The molecule has 1 N–H and O–H groups in total. The van der Waals surface area contributed by atoms with E-state index >= 15 is 0 Å². The maximum atomic E-state index is 13.3. The number of aryl methyl sites for hydroxylation is 2. The van der Waals surface area contributed by atoms with Crippen LogP contribution in [0.1, 0.15) is 35.8 Å². The van der Waals surface area contributed by atoms with Gasteiger partial charge in [0, 0.05) is 38.1 Å². The van der Waals surface area contributed by atoms with Crippen molar-refractivity contribution in [2.24, 2.45) is 7.05 Å². The van der Waals surface area contributed by atoms with Gasteiger partial charge in [0.15, 0.2) is 0 Å². The largest absolute Gasteiger partial charge is 0.336 e. The summed E-state index contributed by atoms with van der Waals surface area (Å²) in [7, 11) is -2.01. The van der Waals surface area contributed by atoms with Crippen LogP contribution in [-0.4, -0.2) is 30.4 Å². The van der Waals surface area contributed by atoms with E-state index in [4.69, 9.17) is 0 Å². The number of carbonyl (C=O) groups excluding carboxylic acids is 1. The summed E-state index contributed by atoms with van der Waals surface area (Å²) in [5, 5.41) is 0. The first-order valence-electron chi connectivity index (χ1n) is 9.82. The van der Waals surface area contributed by atoms with Gasteiger partial charge in [-0.05, 0) is 42.7 Å². The molecule has 0 bridgehead atoms. The summed E-state index contributed by atoms with van der Waals surface area (Å²) >= 11 is 0. The molecule has 4 rings (SSSR count). The average molecular weight is 425 g/mol. The van der Waals surface area contributed by atoms with E-state index in [0.29, 0.717) is 24.4 Å². The molecule has 1 aliphatic rings. The van der Waals surface area contributed by atoms with E-state index in [2.05, 4.69) is 9.71 Å². The third kappa shape index (κ3) is 3.88. The monoisotopic (exact) mass is 424 g/mol. The minimum atomic E-state index is -3.84. The van der Waals surface area contributed by atoms with Crippen molar-refractivity contribution < 1.29 is 13.2 Å². The van der Waals surface area contributed by atoms with Crippen molar-refractivity contribution in [3.8, 4) is 0 Å². The molecule has 0 radical (unpaired) electrons. The third-order valence-corrected chi connectivity index (χ3v) is 6.94. The second kappa shape index (κ2) is 8.04. The molecule has 156 valence electrons. The van der Waals surface area contributed by atoms with Crippen molar-refractivity contribution in [2.45, 2.75) is 30.7 Å². The summed E-state index contributed by atoms with van der Waals surface area (Å²) in [6.07, 6.45) is 4.78. The molecule has 1 fully saturated rings. The first-order valence-corrected chi connectivity index (χ1v) is 11.3. The smallest absolute Gasteiger partial charge is 0.241 e. The van der Waals surface area contributed by atoms with Crippen LogP contribution in [-0.2, 0) is 21.9 Å². The predicted octanol–water partition coefficient (Wildman–Crippen LogP) is 2.92. The number of rotatable bonds is 6. The molecule has 8 heteroatoms. The Balaban J connectivity index is 1.68. The number of imidazole rings is 1. The van der Waals surface area contributed by atoms with Crippen molar-refractivity contribution in [3.63, 3.8) is 0 Å². The summed E-state index contributed by atoms with van der Waals surface area (Å²) in [6, 6.07) is 13.8. The predicted molar refractivity (Wildman–Crippen MR) is 115 cm³/mol. The second-order valence-electron chi connectivity index (χ2n) is 7.46. The van der Waals surface area contributed by atoms with Crippen LogP contribution in [0.25, 0.3) is 0 Å². The van der Waals surface area contributed by atoms with Crippen LogP contribution in [0.2, 0.25) is 0 Å². The van der Waals surface area contributed by atoms with E-state index in [1.807, 2.05) is 37.4 Å². The van der Waals surface area contributed by atoms with Gasteiger partial charge in [-0.25, -0.2) is 13.4 Å². The first-order chi connectivity index (χ1) is 14.4. The standard InChI is InChI=1S/C22H24N4O3S/c1-16-15-18(26-13-6-9-20(26)27)10-11-19(16)30(28,29)24-21(17-7-4-3-5-8-17)22-23-12-14-25(22)2/h3-5,7-8,10-12,14-15,21,24H,6,9,13H2,1-2H3. The summed E-state index contributed by atoms with van der Waals surface area (Å²) in [6.45, 7) is 2.41. The Morgan fingerprint density at radius 1 is 1.13 bits per heavy atom. The van der Waals surface area contributed by atoms with Crippen LogP contribution in [0, 0.1) is 6.92 Å². The molecule has 0 spiro atoms. The molecule has 1 unspecified atom stereocenters. The summed E-state index contributed by atoms with van der Waals surface area (Å²) in [5.41, 5.74) is 2.12. The Hall–Kier alpha value is -2.97. The molecule has 1 saturated heterocycles. The van der Waals surface area contributed by atoms with E-state index < -0.39 is 16.1 Å². The van der Waals surface area contributed by atoms with Crippen molar-refractivity contribution >= 4 is 21.6 Å². The number of hydrogen-bond acceptors (Lipinski definition) is 4. The second-order valence-corrected chi connectivity index (χ2v) is 9.14. The molecule has 1 aliphatic heterocycles. The van der Waals surface area contributed by atoms with Crippen LogP contribution in [0.15, 0.2) is 65.8 Å². The molecule has 0 saturated carbocycles. The quantitative estimate of drug-likeness (QED) is 0.659. The SMILES string of the molecule is Cc1cc(N2CCCC2=O)ccc1S(=O)(=O)NC(c1ccccc1)c1nccn1C. The summed E-state index contributed by atoms with van der Waals surface area (Å²) in [4.78, 5) is 18.3. The van der Waals surface area contributed by atoms with Gasteiger partial charge in [0.2, 0.25) is 15.9 Å². The Kier molecular flexibility index (Phi) is 5.44. The maximum Gasteiger partial charge on any atom is 0.241 e. The minimum absolute atomic E-state index is 0.0713. The van der Waals surface area contributed by atoms with E-state index in [9.17, 15) is 13.2 Å². The van der Waals surface area contributed by atoms with E-state index in [0.717, 1.165) is 17.7 Å². The zero-order valence-corrected chi connectivity index (χ0v) is 17.8. The number of sulfonamides is 1. The molecule has 2 aromatic carbocycles. The van der Waals surface area contributed by atoms with E-state index in [1.165, 1.54) is 0 Å². The Morgan fingerprint density at radius 2 is 1.90 bits per heavy atom. The lowest BCUT2D eigenvalue weighted by molar-refractivity contribution is -0.117. The van der Waals surface area contributed by atoms with Gasteiger partial charge in [-0.15, -0.1) is 0 Å². The average Bonchev–Trinajstić information content (AvgIpc) is 3.34. The number of nitrogens with one attached hydrogen (secondary N) is 1. The lowest BCUT2D eigenvalue weighted by Crippen LogP contribution is -2.31. The molecule has 30 heavy (non-hydrogen) atoms. The Morgan fingerprint density at radius 3 is 2.50 bits per heavy atom. The van der Waals surface area contributed by atoms with Crippen LogP contribution in [0.3, 0.4) is 0 Å². The van der Waals surface area contributed by atoms with Crippen molar-refractivity contribution in [2.75, 3.05) is 11.4 Å². The number of carbonyl (C=O) groups is 1. The van der Waals surface area contributed by atoms with Gasteiger partial charge in [0.05, 0.1) is 4.90 Å². The fraction of sp³-hybridized carbons (Fsp3) is 0.273. The molecule has 7 nitrogen and oxygen atoms in total. The normalized spacial score (nSPS) is 15.5. The number of benzene rings is 2. The minimum Gasteiger partial charge on any atom is -0.336 e. The lowest BCUT2D eigenvalue weighted by Gasteiger charge is -2.21. The number of anilines is 1. The van der Waals surface area contributed by atoms with Crippen LogP contribution < -0.4 is 9.62 Å². The molecule has 1 atom stereocenters. The lowest BCUT2D eigenvalue weighted by atomic mass is 10.1. The molecule has 2 heterocycles. The highest BCUT2D eigenvalue weighted by atomic mass is 32.2. The van der Waals surface area contributed by atoms with Crippen molar-refractivity contribution in [1.29, 1.82) is 0 Å². The van der Waals surface area contributed by atoms with Crippen LogP contribution >= 0.6 is 0 Å². The highest BCUT2D eigenvalue weighted by Crippen LogP contribution is 2.28. The Labute approximate surface area is 176 Å². The fourth-order valence-electron chi connectivity index (χ4n) is 3.81. The fourth-order valence-corrected chi connectivity index (χ4v) is 5.22. The van der Waals surface area contributed by atoms with Gasteiger partial charge in [-0.1, -0.05) is 30.3 Å². The molecule has 3 aromatic rings. The van der Waals surface area contributed by atoms with Crippen LogP contribution in [0.4, 0.5) is 5.69 Å². The summed E-state index contributed by atoms with van der Waals surface area (Å²) < 4.78 is 31.2. The zero-order valence-electron chi connectivity index (χ0n) is 16.9. The Bertz CT molecular complexity index is 1170. The third-order valence-electron chi connectivity index (χ3n) is 5.36. The molecule has 1 aromatic heterocycles. The number of hydrogen-bond donors (Lipinski definition) is 1. The maximum absolute atomic E-state index is 13.3. The topological polar surface area (TPSA) is 84.3 Å². The molecular formula is C22H24N4O3S. The van der Waals surface area contributed by atoms with E-state index in [-0.39, 0.29) is 10.8 Å². The number of nitrogens with zero attached hydrogens (tertiary/aromatic N) is 3. The van der Waals surface area contributed by atoms with Gasteiger partial charge in [-0.2, -0.15) is 4.72 Å². The van der Waals surface area contributed by atoms with Crippen LogP contribution in [0.5, 0.6) is 0 Å².